The third-order valence-corrected chi connectivity index (χ3v) is 5.12. The predicted octanol–water partition coefficient (Wildman–Crippen LogP) is 2.53. The lowest BCUT2D eigenvalue weighted by molar-refractivity contribution is 0.0674. The Bertz CT molecular complexity index is 676. The van der Waals surface area contributed by atoms with E-state index in [2.05, 4.69) is 24.0 Å². The Morgan fingerprint density at radius 1 is 1.35 bits per heavy atom. The lowest BCUT2D eigenvalue weighted by Crippen LogP contribution is -2.45. The van der Waals surface area contributed by atoms with E-state index in [0.717, 1.165) is 50.6 Å². The number of morpholine rings is 1. The molecule has 0 amide bonds. The molecule has 2 aliphatic heterocycles. The van der Waals surface area contributed by atoms with Crippen molar-refractivity contribution in [2.45, 2.75) is 44.8 Å². The molecule has 2 N–H and O–H groups in total. The number of hydrogen-bond acceptors (Lipinski definition) is 4. The molecule has 1 saturated carbocycles. The van der Waals surface area contributed by atoms with Crippen LogP contribution in [0.25, 0.3) is 0 Å². The number of benzene rings is 1. The summed E-state index contributed by atoms with van der Waals surface area (Å²) >= 11 is 0. The van der Waals surface area contributed by atoms with Crippen LogP contribution in [-0.4, -0.2) is 55.9 Å². The molecular formula is C19H28IN3O3. The van der Waals surface area contributed by atoms with Crippen LogP contribution in [0.2, 0.25) is 0 Å². The Labute approximate surface area is 172 Å². The molecule has 1 aromatic rings. The number of fused-ring (bicyclic) bond motifs is 1. The Hall–Kier alpha value is -1.22. The number of halogens is 1. The molecule has 7 heteroatoms. The van der Waals surface area contributed by atoms with Crippen LogP contribution in [0.5, 0.6) is 11.5 Å². The number of rotatable bonds is 4. The first-order valence-corrected chi connectivity index (χ1v) is 9.28. The van der Waals surface area contributed by atoms with Gasteiger partial charge in [0.05, 0.1) is 25.9 Å². The smallest absolute Gasteiger partial charge is 0.191 e. The monoisotopic (exact) mass is 473 g/mol. The quantitative estimate of drug-likeness (QED) is 0.414. The van der Waals surface area contributed by atoms with E-state index >= 15 is 0 Å². The van der Waals surface area contributed by atoms with Gasteiger partial charge >= 0.3 is 0 Å². The topological polar surface area (TPSA) is 69.3 Å². The molecular weight excluding hydrogens is 445 g/mol. The molecule has 0 aromatic heterocycles. The highest BCUT2D eigenvalue weighted by molar-refractivity contribution is 14.0. The van der Waals surface area contributed by atoms with E-state index in [1.54, 1.807) is 0 Å². The molecule has 2 fully saturated rings. The summed E-state index contributed by atoms with van der Waals surface area (Å²) in [5.74, 6) is 2.99. The summed E-state index contributed by atoms with van der Waals surface area (Å²) in [6.07, 6.45) is 2.20. The molecule has 4 rings (SSSR count). The van der Waals surface area contributed by atoms with Crippen molar-refractivity contribution in [3.8, 4) is 11.5 Å². The van der Waals surface area contributed by atoms with Gasteiger partial charge in [-0.15, -0.1) is 24.0 Å². The van der Waals surface area contributed by atoms with Crippen molar-refractivity contribution in [2.24, 2.45) is 10.7 Å². The maximum absolute atomic E-state index is 6.20. The lowest BCUT2D eigenvalue weighted by Gasteiger charge is -2.27. The second kappa shape index (κ2) is 8.21. The molecule has 3 aliphatic rings. The fourth-order valence-corrected chi connectivity index (χ4v) is 3.73. The fraction of sp³-hybridized carbons (Fsp3) is 0.632. The van der Waals surface area contributed by atoms with Crippen molar-refractivity contribution in [2.75, 3.05) is 32.9 Å². The van der Waals surface area contributed by atoms with E-state index in [4.69, 9.17) is 24.9 Å². The van der Waals surface area contributed by atoms with Crippen molar-refractivity contribution in [3.05, 3.63) is 23.3 Å². The van der Waals surface area contributed by atoms with Gasteiger partial charge in [-0.2, -0.15) is 0 Å². The van der Waals surface area contributed by atoms with Crippen molar-refractivity contribution < 1.29 is 14.2 Å². The fourth-order valence-electron chi connectivity index (χ4n) is 3.73. The summed E-state index contributed by atoms with van der Waals surface area (Å²) in [6, 6.07) is 4.55. The maximum atomic E-state index is 6.20. The minimum absolute atomic E-state index is 0. The molecule has 1 saturated heterocycles. The van der Waals surface area contributed by atoms with Gasteiger partial charge in [-0.25, -0.2) is 4.99 Å². The zero-order chi connectivity index (χ0) is 17.4. The number of ether oxygens (including phenoxy) is 3. The second-order valence-electron chi connectivity index (χ2n) is 7.06. The van der Waals surface area contributed by atoms with Gasteiger partial charge in [-0.3, -0.25) is 0 Å². The molecule has 144 valence electrons. The first-order chi connectivity index (χ1) is 12.2. The van der Waals surface area contributed by atoms with Gasteiger partial charge in [0.2, 0.25) is 0 Å². The van der Waals surface area contributed by atoms with Gasteiger partial charge in [0.1, 0.15) is 17.6 Å². The van der Waals surface area contributed by atoms with E-state index in [0.29, 0.717) is 18.5 Å². The van der Waals surface area contributed by atoms with Gasteiger partial charge in [-0.1, -0.05) is 0 Å². The zero-order valence-electron chi connectivity index (χ0n) is 15.4. The standard InChI is InChI=1S/C19H27N3O3.HI/c1-3-24-18-9-13-8-12(2)25-17(13)11-15(18)14-10-16(14)21-19(20)22-4-6-23-7-5-22;/h9,11-12,14,16H,3-8,10H2,1-2H3,(H2,20,21);1H. The predicted molar refractivity (Wildman–Crippen MR) is 112 cm³/mol. The van der Waals surface area contributed by atoms with Crippen molar-refractivity contribution in [1.29, 1.82) is 0 Å². The third kappa shape index (κ3) is 4.03. The van der Waals surface area contributed by atoms with Gasteiger partial charge in [0, 0.05) is 36.6 Å². The Morgan fingerprint density at radius 3 is 2.85 bits per heavy atom. The van der Waals surface area contributed by atoms with Gasteiger partial charge in [-0.05, 0) is 32.4 Å². The highest BCUT2D eigenvalue weighted by Gasteiger charge is 2.42. The summed E-state index contributed by atoms with van der Waals surface area (Å²) in [7, 11) is 0. The van der Waals surface area contributed by atoms with E-state index < -0.39 is 0 Å². The van der Waals surface area contributed by atoms with Crippen LogP contribution in [0, 0.1) is 0 Å². The van der Waals surface area contributed by atoms with Crippen LogP contribution < -0.4 is 15.2 Å². The molecule has 1 aromatic carbocycles. The van der Waals surface area contributed by atoms with E-state index in [1.807, 2.05) is 6.92 Å². The zero-order valence-corrected chi connectivity index (χ0v) is 17.8. The Balaban J connectivity index is 0.00000196. The van der Waals surface area contributed by atoms with Crippen LogP contribution in [0.15, 0.2) is 17.1 Å². The molecule has 3 atom stereocenters. The summed E-state index contributed by atoms with van der Waals surface area (Å²) in [6.45, 7) is 7.88. The lowest BCUT2D eigenvalue weighted by atomic mass is 10.0. The molecule has 3 unspecified atom stereocenters. The number of guanidine groups is 1. The van der Waals surface area contributed by atoms with E-state index in [9.17, 15) is 0 Å². The second-order valence-corrected chi connectivity index (χ2v) is 7.06. The molecule has 0 radical (unpaired) electrons. The number of hydrogen-bond donors (Lipinski definition) is 1. The van der Waals surface area contributed by atoms with E-state index in [-0.39, 0.29) is 36.1 Å². The number of aliphatic imine (C=N–C) groups is 1. The van der Waals surface area contributed by atoms with Crippen LogP contribution >= 0.6 is 24.0 Å². The van der Waals surface area contributed by atoms with Crippen LogP contribution in [0.1, 0.15) is 37.3 Å². The highest BCUT2D eigenvalue weighted by Crippen LogP contribution is 2.49. The molecule has 2 heterocycles. The van der Waals surface area contributed by atoms with Gasteiger partial charge < -0.3 is 24.8 Å². The largest absolute Gasteiger partial charge is 0.494 e. The Morgan fingerprint density at radius 2 is 2.12 bits per heavy atom. The highest BCUT2D eigenvalue weighted by atomic mass is 127. The molecule has 0 bridgehead atoms. The summed E-state index contributed by atoms with van der Waals surface area (Å²) in [5, 5.41) is 0. The molecule has 1 aliphatic carbocycles. The van der Waals surface area contributed by atoms with Crippen molar-refractivity contribution in [1.82, 2.24) is 4.90 Å². The van der Waals surface area contributed by atoms with Crippen molar-refractivity contribution >= 4 is 29.9 Å². The molecule has 26 heavy (non-hydrogen) atoms. The normalized spacial score (nSPS) is 27.4. The summed E-state index contributed by atoms with van der Waals surface area (Å²) < 4.78 is 17.2. The minimum Gasteiger partial charge on any atom is -0.494 e. The summed E-state index contributed by atoms with van der Waals surface area (Å²) in [4.78, 5) is 6.86. The summed E-state index contributed by atoms with van der Waals surface area (Å²) in [5.41, 5.74) is 8.65. The van der Waals surface area contributed by atoms with Crippen LogP contribution in [-0.2, 0) is 11.2 Å². The third-order valence-electron chi connectivity index (χ3n) is 5.12. The van der Waals surface area contributed by atoms with Crippen LogP contribution in [0.4, 0.5) is 0 Å². The average Bonchev–Trinajstić information content (AvgIpc) is 3.27. The number of nitrogens with zero attached hydrogens (tertiary/aromatic N) is 2. The first-order valence-electron chi connectivity index (χ1n) is 9.28. The first kappa shape index (κ1) is 19.5. The average molecular weight is 473 g/mol. The van der Waals surface area contributed by atoms with Crippen LogP contribution in [0.3, 0.4) is 0 Å². The maximum Gasteiger partial charge on any atom is 0.191 e. The molecule has 6 nitrogen and oxygen atoms in total. The van der Waals surface area contributed by atoms with Gasteiger partial charge in [0.25, 0.3) is 0 Å². The van der Waals surface area contributed by atoms with Crippen molar-refractivity contribution in [3.63, 3.8) is 0 Å². The number of nitrogens with two attached hydrogens (primary N) is 1. The van der Waals surface area contributed by atoms with E-state index in [1.165, 1.54) is 11.1 Å². The van der Waals surface area contributed by atoms with Gasteiger partial charge in [0.15, 0.2) is 5.96 Å². The SMILES string of the molecule is CCOc1cc2c(cc1C1CC1N=C(N)N1CCOCC1)OC(C)C2.I. The minimum atomic E-state index is 0. The Kier molecular flexibility index (Phi) is 6.17. The molecule has 0 spiro atoms.